The summed E-state index contributed by atoms with van der Waals surface area (Å²) >= 11 is 3.55. The van der Waals surface area contributed by atoms with E-state index in [9.17, 15) is 0 Å². The van der Waals surface area contributed by atoms with Crippen LogP contribution in [0.5, 0.6) is 0 Å². The third kappa shape index (κ3) is 4.18. The first-order valence-electron chi connectivity index (χ1n) is 7.72. The number of hydrogen-bond donors (Lipinski definition) is 1. The Labute approximate surface area is 140 Å². The van der Waals surface area contributed by atoms with E-state index in [2.05, 4.69) is 62.4 Å². The first-order chi connectivity index (χ1) is 10.8. The maximum atomic E-state index is 4.62. The maximum absolute atomic E-state index is 4.62. The number of piperazine rings is 1. The Kier molecular flexibility index (Phi) is 5.24. The number of hydrazone groups is 1. The van der Waals surface area contributed by atoms with Crippen molar-refractivity contribution >= 4 is 22.1 Å². The summed E-state index contributed by atoms with van der Waals surface area (Å²) in [6.07, 6.45) is 1.95. The highest BCUT2D eigenvalue weighted by Crippen LogP contribution is 2.13. The van der Waals surface area contributed by atoms with Crippen molar-refractivity contribution in [1.82, 2.24) is 5.01 Å². The summed E-state index contributed by atoms with van der Waals surface area (Å²) in [4.78, 5) is 1.64. The topological polar surface area (TPSA) is 20.0 Å². The van der Waals surface area contributed by atoms with Crippen LogP contribution in [0.15, 0.2) is 64.2 Å². The van der Waals surface area contributed by atoms with Gasteiger partial charge in [0.05, 0.1) is 32.4 Å². The Morgan fingerprint density at radius 2 is 1.68 bits per heavy atom. The van der Waals surface area contributed by atoms with Gasteiger partial charge in [0.25, 0.3) is 0 Å². The van der Waals surface area contributed by atoms with E-state index < -0.39 is 0 Å². The second-order valence-corrected chi connectivity index (χ2v) is 6.49. The van der Waals surface area contributed by atoms with E-state index in [1.54, 1.807) is 4.90 Å². The van der Waals surface area contributed by atoms with Crippen molar-refractivity contribution in [1.29, 1.82) is 0 Å². The van der Waals surface area contributed by atoms with E-state index in [1.165, 1.54) is 5.56 Å². The number of nitrogens with zero attached hydrogens (tertiary/aromatic N) is 2. The molecule has 0 atom stereocenters. The van der Waals surface area contributed by atoms with Gasteiger partial charge in [-0.3, -0.25) is 5.01 Å². The number of quaternary nitrogens is 1. The van der Waals surface area contributed by atoms with Crippen molar-refractivity contribution in [3.05, 3.63) is 70.2 Å². The minimum atomic E-state index is 1.02. The van der Waals surface area contributed by atoms with Gasteiger partial charge >= 0.3 is 0 Å². The molecule has 0 aromatic heterocycles. The molecule has 1 aliphatic heterocycles. The van der Waals surface area contributed by atoms with Crippen LogP contribution in [0.2, 0.25) is 0 Å². The van der Waals surface area contributed by atoms with Crippen molar-refractivity contribution in [3.63, 3.8) is 0 Å². The van der Waals surface area contributed by atoms with Crippen LogP contribution >= 0.6 is 15.9 Å². The molecule has 0 unspecified atom stereocenters. The molecule has 1 fully saturated rings. The summed E-state index contributed by atoms with van der Waals surface area (Å²) in [5.41, 5.74) is 2.55. The molecule has 1 heterocycles. The molecule has 0 aliphatic carbocycles. The standard InChI is InChI=1S/C18H20BrN3/c19-18-9-5-4-8-17(18)14-20-22-12-10-21(11-13-22)15-16-6-2-1-3-7-16/h1-9,14H,10-13,15H2/p+1. The van der Waals surface area contributed by atoms with Crippen LogP contribution < -0.4 is 4.90 Å². The lowest BCUT2D eigenvalue weighted by Gasteiger charge is -2.30. The molecule has 3 nitrogen and oxygen atoms in total. The summed E-state index contributed by atoms with van der Waals surface area (Å²) in [5, 5.41) is 6.80. The van der Waals surface area contributed by atoms with Crippen LogP contribution in [-0.4, -0.2) is 37.4 Å². The Bertz CT molecular complexity index is 619. The van der Waals surface area contributed by atoms with Gasteiger partial charge in [0, 0.05) is 15.6 Å². The molecule has 22 heavy (non-hydrogen) atoms. The minimum Gasteiger partial charge on any atom is -0.328 e. The van der Waals surface area contributed by atoms with Gasteiger partial charge in [-0.25, -0.2) is 0 Å². The molecular formula is C18H21BrN3+. The normalized spacial score (nSPS) is 16.3. The Morgan fingerprint density at radius 1 is 1.00 bits per heavy atom. The molecule has 1 saturated heterocycles. The molecule has 3 rings (SSSR count). The summed E-state index contributed by atoms with van der Waals surface area (Å²) < 4.78 is 1.09. The monoisotopic (exact) mass is 358 g/mol. The average Bonchev–Trinajstić information content (AvgIpc) is 2.56. The molecule has 1 N–H and O–H groups in total. The van der Waals surface area contributed by atoms with Crippen molar-refractivity contribution in [2.75, 3.05) is 26.2 Å². The molecule has 0 bridgehead atoms. The summed E-state index contributed by atoms with van der Waals surface area (Å²) in [5.74, 6) is 0. The zero-order valence-corrected chi connectivity index (χ0v) is 14.2. The van der Waals surface area contributed by atoms with Crippen molar-refractivity contribution in [3.8, 4) is 0 Å². The fourth-order valence-electron chi connectivity index (χ4n) is 2.71. The van der Waals surface area contributed by atoms with Gasteiger partial charge < -0.3 is 4.90 Å². The quantitative estimate of drug-likeness (QED) is 0.830. The molecule has 0 spiro atoms. The van der Waals surface area contributed by atoms with Crippen LogP contribution in [0.3, 0.4) is 0 Å². The second kappa shape index (κ2) is 7.56. The fraction of sp³-hybridized carbons (Fsp3) is 0.278. The van der Waals surface area contributed by atoms with E-state index in [1.807, 2.05) is 24.4 Å². The number of benzene rings is 2. The van der Waals surface area contributed by atoms with Crippen LogP contribution in [-0.2, 0) is 6.54 Å². The predicted molar refractivity (Wildman–Crippen MR) is 94.2 cm³/mol. The number of nitrogens with one attached hydrogen (secondary N) is 1. The lowest BCUT2D eigenvalue weighted by molar-refractivity contribution is -0.918. The lowest BCUT2D eigenvalue weighted by Crippen LogP contribution is -3.13. The zero-order valence-electron chi connectivity index (χ0n) is 12.6. The maximum Gasteiger partial charge on any atom is 0.103 e. The highest BCUT2D eigenvalue weighted by atomic mass is 79.9. The Balaban J connectivity index is 1.51. The third-order valence-electron chi connectivity index (χ3n) is 4.01. The number of rotatable bonds is 4. The minimum absolute atomic E-state index is 1.02. The summed E-state index contributed by atoms with van der Waals surface area (Å²) in [7, 11) is 0. The largest absolute Gasteiger partial charge is 0.328 e. The van der Waals surface area contributed by atoms with Gasteiger partial charge in [-0.05, 0) is 6.07 Å². The van der Waals surface area contributed by atoms with Gasteiger partial charge in [-0.15, -0.1) is 0 Å². The molecule has 1 aliphatic rings. The predicted octanol–water partition coefficient (Wildman–Crippen LogP) is 2.18. The van der Waals surface area contributed by atoms with E-state index in [-0.39, 0.29) is 0 Å². The molecule has 0 saturated carbocycles. The third-order valence-corrected chi connectivity index (χ3v) is 4.73. The van der Waals surface area contributed by atoms with Gasteiger partial charge in [-0.2, -0.15) is 5.10 Å². The number of halogens is 1. The smallest absolute Gasteiger partial charge is 0.103 e. The molecule has 2 aromatic carbocycles. The molecule has 114 valence electrons. The Morgan fingerprint density at radius 3 is 2.41 bits per heavy atom. The summed E-state index contributed by atoms with van der Waals surface area (Å²) in [6.45, 7) is 5.43. The van der Waals surface area contributed by atoms with Crippen molar-refractivity contribution in [2.24, 2.45) is 5.10 Å². The SMILES string of the molecule is Brc1ccccc1C=NN1CC[NH+](Cc2ccccc2)CC1. The van der Waals surface area contributed by atoms with Gasteiger partial charge in [0.2, 0.25) is 0 Å². The van der Waals surface area contributed by atoms with E-state index in [0.29, 0.717) is 0 Å². The highest BCUT2D eigenvalue weighted by molar-refractivity contribution is 9.10. The van der Waals surface area contributed by atoms with E-state index in [0.717, 1.165) is 42.8 Å². The van der Waals surface area contributed by atoms with Crippen molar-refractivity contribution < 1.29 is 4.90 Å². The fourth-order valence-corrected chi connectivity index (χ4v) is 3.10. The summed E-state index contributed by atoms with van der Waals surface area (Å²) in [6, 6.07) is 18.9. The first-order valence-corrected chi connectivity index (χ1v) is 8.51. The van der Waals surface area contributed by atoms with Crippen LogP contribution in [0.1, 0.15) is 11.1 Å². The first kappa shape index (κ1) is 15.3. The van der Waals surface area contributed by atoms with Gasteiger partial charge in [-0.1, -0.05) is 64.5 Å². The van der Waals surface area contributed by atoms with Crippen molar-refractivity contribution in [2.45, 2.75) is 6.54 Å². The van der Waals surface area contributed by atoms with Gasteiger partial charge in [0.15, 0.2) is 0 Å². The van der Waals surface area contributed by atoms with Crippen LogP contribution in [0.25, 0.3) is 0 Å². The molecule has 0 radical (unpaired) electrons. The van der Waals surface area contributed by atoms with E-state index >= 15 is 0 Å². The van der Waals surface area contributed by atoms with Gasteiger partial charge in [0.1, 0.15) is 6.54 Å². The van der Waals surface area contributed by atoms with E-state index in [4.69, 9.17) is 0 Å². The number of hydrogen-bond acceptors (Lipinski definition) is 2. The lowest BCUT2D eigenvalue weighted by atomic mass is 10.2. The molecule has 4 heteroatoms. The highest BCUT2D eigenvalue weighted by Gasteiger charge is 2.18. The second-order valence-electron chi connectivity index (χ2n) is 5.63. The zero-order chi connectivity index (χ0) is 15.2. The van der Waals surface area contributed by atoms with Crippen LogP contribution in [0.4, 0.5) is 0 Å². The molecule has 0 amide bonds. The molecule has 2 aromatic rings. The Hall–Kier alpha value is -1.65. The van der Waals surface area contributed by atoms with Crippen LogP contribution in [0, 0.1) is 0 Å². The average molecular weight is 359 g/mol. The molecular weight excluding hydrogens is 338 g/mol.